The van der Waals surface area contributed by atoms with E-state index in [0.29, 0.717) is 0 Å². The molecule has 1 aromatic heterocycles. The van der Waals surface area contributed by atoms with Gasteiger partial charge in [0, 0.05) is 6.21 Å². The lowest BCUT2D eigenvalue weighted by Crippen LogP contribution is -1.76. The highest BCUT2D eigenvalue weighted by Crippen LogP contribution is 2.10. The highest BCUT2D eigenvalue weighted by atomic mass is 32.1. The molecule has 0 atom stereocenters. The van der Waals surface area contributed by atoms with Crippen LogP contribution in [0.3, 0.4) is 0 Å². The molecule has 0 bridgehead atoms. The Balaban J connectivity index is 2.28. The van der Waals surface area contributed by atoms with Crippen LogP contribution in [0, 0.1) is 6.61 Å². The lowest BCUT2D eigenvalue weighted by atomic mass is 10.5. The number of rotatable bonds is 3. The molecule has 1 heterocycles. The van der Waals surface area contributed by atoms with Crippen LogP contribution in [0.2, 0.25) is 0 Å². The second-order valence-electron chi connectivity index (χ2n) is 1.60. The van der Waals surface area contributed by atoms with E-state index in [1.165, 1.54) is 0 Å². The van der Waals surface area contributed by atoms with Gasteiger partial charge in [-0.3, -0.25) is 0 Å². The first kappa shape index (κ1) is 7.28. The predicted molar refractivity (Wildman–Crippen MR) is 43.0 cm³/mol. The Kier molecular flexibility index (Phi) is 2.96. The van der Waals surface area contributed by atoms with Crippen LogP contribution >= 0.6 is 11.3 Å². The minimum atomic E-state index is 1.07. The van der Waals surface area contributed by atoms with Gasteiger partial charge in [0.2, 0.25) is 6.61 Å². The third-order valence-electron chi connectivity index (χ3n) is 0.878. The summed E-state index contributed by atoms with van der Waals surface area (Å²) in [5, 5.41) is 5.56. The summed E-state index contributed by atoms with van der Waals surface area (Å²) in [6.07, 6.45) is 1.60. The molecule has 0 amide bonds. The molecule has 0 unspecified atom stereocenters. The quantitative estimate of drug-likeness (QED) is 0.483. The van der Waals surface area contributed by atoms with E-state index < -0.39 is 0 Å². The smallest absolute Gasteiger partial charge is 0.205 e. The average molecular weight is 154 g/mol. The zero-order valence-corrected chi connectivity index (χ0v) is 6.47. The molecule has 0 saturated carbocycles. The van der Waals surface area contributed by atoms with Crippen LogP contribution in [0.25, 0.3) is 0 Å². The first-order valence-electron chi connectivity index (χ1n) is 2.94. The first-order chi connectivity index (χ1) is 4.93. The van der Waals surface area contributed by atoms with Crippen molar-refractivity contribution in [3.63, 3.8) is 0 Å². The maximum absolute atomic E-state index is 4.78. The van der Waals surface area contributed by atoms with Gasteiger partial charge in [-0.05, 0) is 18.4 Å². The van der Waals surface area contributed by atoms with Crippen LogP contribution in [0.4, 0.5) is 0 Å². The van der Waals surface area contributed by atoms with Crippen molar-refractivity contribution in [2.24, 2.45) is 5.16 Å². The van der Waals surface area contributed by atoms with E-state index in [1.54, 1.807) is 24.2 Å². The standard InChI is InChI=1S/C7H8NOS/c1-2-8-9-6-7-4-3-5-10-7/h2-6H,1H3/b8-2+. The minimum absolute atomic E-state index is 1.07. The highest BCUT2D eigenvalue weighted by Gasteiger charge is 1.91. The fraction of sp³-hybridized carbons (Fsp3) is 0.143. The monoisotopic (exact) mass is 154 g/mol. The SMILES string of the molecule is C/C=N/O[CH]c1cccs1. The Morgan fingerprint density at radius 2 is 2.60 bits per heavy atom. The van der Waals surface area contributed by atoms with Gasteiger partial charge in [0.15, 0.2) is 0 Å². The van der Waals surface area contributed by atoms with Gasteiger partial charge in [-0.25, -0.2) is 0 Å². The molecule has 1 rings (SSSR count). The van der Waals surface area contributed by atoms with E-state index >= 15 is 0 Å². The summed E-state index contributed by atoms with van der Waals surface area (Å²) in [6.45, 7) is 3.42. The van der Waals surface area contributed by atoms with Gasteiger partial charge < -0.3 is 4.84 Å². The molecular weight excluding hydrogens is 146 g/mol. The Morgan fingerprint density at radius 1 is 1.70 bits per heavy atom. The number of nitrogens with zero attached hydrogens (tertiary/aromatic N) is 1. The second kappa shape index (κ2) is 4.06. The van der Waals surface area contributed by atoms with Gasteiger partial charge in [0.05, 0.1) is 4.88 Å². The third-order valence-corrected chi connectivity index (χ3v) is 1.68. The van der Waals surface area contributed by atoms with Crippen molar-refractivity contribution in [2.45, 2.75) is 6.92 Å². The lowest BCUT2D eigenvalue weighted by molar-refractivity contribution is 0.231. The molecule has 1 aromatic rings. The molecule has 0 fully saturated rings. The molecule has 0 saturated heterocycles. The largest absolute Gasteiger partial charge is 0.383 e. The van der Waals surface area contributed by atoms with E-state index in [2.05, 4.69) is 5.16 Å². The normalized spacial score (nSPS) is 10.5. The zero-order chi connectivity index (χ0) is 7.23. The minimum Gasteiger partial charge on any atom is -0.383 e. The van der Waals surface area contributed by atoms with Crippen molar-refractivity contribution in [2.75, 3.05) is 0 Å². The number of hydrogen-bond acceptors (Lipinski definition) is 3. The predicted octanol–water partition coefficient (Wildman–Crippen LogP) is 2.28. The molecule has 0 aliphatic rings. The van der Waals surface area contributed by atoms with Crippen LogP contribution in [0.15, 0.2) is 22.7 Å². The first-order valence-corrected chi connectivity index (χ1v) is 3.82. The molecule has 10 heavy (non-hydrogen) atoms. The van der Waals surface area contributed by atoms with Crippen molar-refractivity contribution in [3.05, 3.63) is 29.0 Å². The molecule has 0 spiro atoms. The molecule has 0 aromatic carbocycles. The van der Waals surface area contributed by atoms with Crippen LogP contribution in [0.5, 0.6) is 0 Å². The molecule has 0 N–H and O–H groups in total. The molecule has 0 aliphatic carbocycles. The fourth-order valence-electron chi connectivity index (χ4n) is 0.502. The van der Waals surface area contributed by atoms with Gasteiger partial charge in [-0.15, -0.1) is 11.3 Å². The summed E-state index contributed by atoms with van der Waals surface area (Å²) in [5.74, 6) is 0. The summed E-state index contributed by atoms with van der Waals surface area (Å²) in [4.78, 5) is 5.86. The van der Waals surface area contributed by atoms with Crippen LogP contribution in [0.1, 0.15) is 11.8 Å². The molecule has 2 nitrogen and oxygen atoms in total. The maximum Gasteiger partial charge on any atom is 0.205 e. The summed E-state index contributed by atoms with van der Waals surface area (Å²) >= 11 is 1.62. The summed E-state index contributed by atoms with van der Waals surface area (Å²) < 4.78 is 0. The highest BCUT2D eigenvalue weighted by molar-refractivity contribution is 7.10. The van der Waals surface area contributed by atoms with E-state index in [-0.39, 0.29) is 0 Å². The van der Waals surface area contributed by atoms with Gasteiger partial charge in [0.1, 0.15) is 0 Å². The molecule has 53 valence electrons. The summed E-state index contributed by atoms with van der Waals surface area (Å²) in [6, 6.07) is 3.94. The van der Waals surface area contributed by atoms with E-state index in [4.69, 9.17) is 4.84 Å². The van der Waals surface area contributed by atoms with Crippen LogP contribution in [-0.4, -0.2) is 6.21 Å². The Hall–Kier alpha value is -0.830. The van der Waals surface area contributed by atoms with Crippen molar-refractivity contribution in [3.8, 4) is 0 Å². The second-order valence-corrected chi connectivity index (χ2v) is 2.58. The van der Waals surface area contributed by atoms with Gasteiger partial charge >= 0.3 is 0 Å². The lowest BCUT2D eigenvalue weighted by Gasteiger charge is -1.90. The Morgan fingerprint density at radius 3 is 3.20 bits per heavy atom. The van der Waals surface area contributed by atoms with Crippen LogP contribution < -0.4 is 0 Å². The van der Waals surface area contributed by atoms with Gasteiger partial charge in [0.25, 0.3) is 0 Å². The molecule has 0 aliphatic heterocycles. The fourth-order valence-corrected chi connectivity index (χ4v) is 1.07. The van der Waals surface area contributed by atoms with Gasteiger partial charge in [-0.2, -0.15) is 0 Å². The van der Waals surface area contributed by atoms with Crippen molar-refractivity contribution < 1.29 is 4.84 Å². The Labute approximate surface area is 64.1 Å². The van der Waals surface area contributed by atoms with E-state index in [9.17, 15) is 0 Å². The van der Waals surface area contributed by atoms with Crippen LogP contribution in [-0.2, 0) is 4.84 Å². The number of hydrogen-bond donors (Lipinski definition) is 0. The average Bonchev–Trinajstić information content (AvgIpc) is 2.41. The Bertz CT molecular complexity index is 193. The summed E-state index contributed by atoms with van der Waals surface area (Å²) in [7, 11) is 0. The van der Waals surface area contributed by atoms with E-state index in [0.717, 1.165) is 4.88 Å². The number of thiophene rings is 1. The molecule has 3 heteroatoms. The summed E-state index contributed by atoms with van der Waals surface area (Å²) in [5.41, 5.74) is 0. The van der Waals surface area contributed by atoms with Crippen molar-refractivity contribution >= 4 is 17.6 Å². The number of oxime groups is 1. The molecular formula is C7H8NOS. The van der Waals surface area contributed by atoms with Crippen molar-refractivity contribution in [1.82, 2.24) is 0 Å². The topological polar surface area (TPSA) is 21.6 Å². The molecule has 1 radical (unpaired) electrons. The van der Waals surface area contributed by atoms with E-state index in [1.807, 2.05) is 24.4 Å². The zero-order valence-electron chi connectivity index (χ0n) is 5.65. The van der Waals surface area contributed by atoms with Gasteiger partial charge in [-0.1, -0.05) is 11.2 Å². The maximum atomic E-state index is 4.78. The van der Waals surface area contributed by atoms with Crippen molar-refractivity contribution in [1.29, 1.82) is 0 Å². The third kappa shape index (κ3) is 2.19.